The van der Waals surface area contributed by atoms with Gasteiger partial charge in [-0.15, -0.1) is 9.24 Å². The molecular weight excluding hydrogens is 211 g/mol. The molecule has 0 radical (unpaired) electrons. The zero-order valence-corrected chi connectivity index (χ0v) is 12.1. The number of hydrogen-bond donors (Lipinski definition) is 0. The molecule has 0 aliphatic heterocycles. The molecule has 0 aliphatic carbocycles. The molecule has 1 rings (SSSR count). The summed E-state index contributed by atoms with van der Waals surface area (Å²) in [5, 5.41) is 1.39. The minimum absolute atomic E-state index is 0.871. The summed E-state index contributed by atoms with van der Waals surface area (Å²) >= 11 is 0. The van der Waals surface area contributed by atoms with Crippen LogP contribution in [-0.2, 0) is 6.42 Å². The summed E-state index contributed by atoms with van der Waals surface area (Å²) in [5.41, 5.74) is 3.00. The quantitative estimate of drug-likeness (QED) is 0.648. The molecule has 0 saturated carbocycles. The molecule has 1 aromatic rings. The highest BCUT2D eigenvalue weighted by molar-refractivity contribution is 7.27. The summed E-state index contributed by atoms with van der Waals surface area (Å²) in [7, 11) is 2.88. The molecule has 0 aliphatic rings. The Hall–Kier alpha value is -0.350. The van der Waals surface area contributed by atoms with Gasteiger partial charge in [-0.25, -0.2) is 0 Å². The van der Waals surface area contributed by atoms with Crippen LogP contribution >= 0.6 is 9.24 Å². The Morgan fingerprint density at radius 3 is 2.25 bits per heavy atom. The van der Waals surface area contributed by atoms with E-state index in [1.54, 1.807) is 5.56 Å². The van der Waals surface area contributed by atoms with Gasteiger partial charge in [0.1, 0.15) is 0 Å². The Morgan fingerprint density at radius 2 is 1.75 bits per heavy atom. The van der Waals surface area contributed by atoms with Gasteiger partial charge in [0.15, 0.2) is 0 Å². The lowest BCUT2D eigenvalue weighted by Gasteiger charge is -2.18. The summed E-state index contributed by atoms with van der Waals surface area (Å²) in [4.78, 5) is 0. The summed E-state index contributed by atoms with van der Waals surface area (Å²) < 4.78 is 0. The Morgan fingerprint density at radius 1 is 1.12 bits per heavy atom. The van der Waals surface area contributed by atoms with Crippen molar-refractivity contribution in [2.24, 2.45) is 5.92 Å². The number of hydrogen-bond acceptors (Lipinski definition) is 0. The Balaban J connectivity index is 2.76. The predicted molar refractivity (Wildman–Crippen MR) is 77.5 cm³/mol. The molecule has 0 nitrogen and oxygen atoms in total. The van der Waals surface area contributed by atoms with Gasteiger partial charge in [-0.2, -0.15) is 0 Å². The smallest absolute Gasteiger partial charge is 0.0242 e. The van der Waals surface area contributed by atoms with Gasteiger partial charge in [0.05, 0.1) is 0 Å². The summed E-state index contributed by atoms with van der Waals surface area (Å²) in [5.74, 6) is 0.871. The van der Waals surface area contributed by atoms with Gasteiger partial charge in [0, 0.05) is 0 Å². The second-order valence-electron chi connectivity index (χ2n) is 4.79. The third kappa shape index (κ3) is 3.91. The van der Waals surface area contributed by atoms with Crippen LogP contribution in [0.5, 0.6) is 0 Å². The second-order valence-corrected chi connectivity index (χ2v) is 5.41. The van der Waals surface area contributed by atoms with Gasteiger partial charge < -0.3 is 0 Å². The molecule has 90 valence electrons. The summed E-state index contributed by atoms with van der Waals surface area (Å²) in [6.07, 6.45) is 6.61. The van der Waals surface area contributed by atoms with E-state index in [2.05, 4.69) is 48.2 Å². The minimum atomic E-state index is 0.871. The van der Waals surface area contributed by atoms with Crippen molar-refractivity contribution in [2.45, 2.75) is 52.9 Å². The van der Waals surface area contributed by atoms with Crippen molar-refractivity contribution in [3.8, 4) is 0 Å². The molecule has 0 N–H and O–H groups in total. The van der Waals surface area contributed by atoms with Crippen molar-refractivity contribution < 1.29 is 0 Å². The molecule has 1 aromatic carbocycles. The van der Waals surface area contributed by atoms with E-state index < -0.39 is 0 Å². The maximum atomic E-state index is 2.88. The van der Waals surface area contributed by atoms with Gasteiger partial charge in [-0.05, 0) is 35.7 Å². The van der Waals surface area contributed by atoms with Gasteiger partial charge in [-0.3, -0.25) is 0 Å². The van der Waals surface area contributed by atoms with Gasteiger partial charge in [-0.1, -0.05) is 57.7 Å². The van der Waals surface area contributed by atoms with Crippen LogP contribution in [0, 0.1) is 12.8 Å². The Labute approximate surface area is 103 Å². The molecule has 1 unspecified atom stereocenters. The van der Waals surface area contributed by atoms with Crippen LogP contribution in [0.1, 0.15) is 50.7 Å². The zero-order valence-electron chi connectivity index (χ0n) is 10.9. The van der Waals surface area contributed by atoms with Crippen LogP contribution in [0.25, 0.3) is 0 Å². The van der Waals surface area contributed by atoms with E-state index in [1.807, 2.05) is 0 Å². The fourth-order valence-electron chi connectivity index (χ4n) is 2.46. The van der Waals surface area contributed by atoms with Crippen molar-refractivity contribution in [1.29, 1.82) is 0 Å². The first-order valence-electron chi connectivity index (χ1n) is 6.53. The van der Waals surface area contributed by atoms with E-state index in [0.29, 0.717) is 0 Å². The van der Waals surface area contributed by atoms with Gasteiger partial charge >= 0.3 is 0 Å². The SMILES string of the molecule is CCCC(CCC)Cc1c(C)cccc1P. The van der Waals surface area contributed by atoms with E-state index in [1.165, 1.54) is 43.0 Å². The van der Waals surface area contributed by atoms with Crippen molar-refractivity contribution >= 4 is 14.5 Å². The maximum absolute atomic E-state index is 2.88. The summed E-state index contributed by atoms with van der Waals surface area (Å²) in [6.45, 7) is 6.82. The van der Waals surface area contributed by atoms with E-state index >= 15 is 0 Å². The minimum Gasteiger partial charge on any atom is -0.105 e. The Bertz CT molecular complexity index is 291. The van der Waals surface area contributed by atoms with Crippen LogP contribution in [0.3, 0.4) is 0 Å². The normalized spacial score (nSPS) is 11.1. The lowest BCUT2D eigenvalue weighted by atomic mass is 9.89. The van der Waals surface area contributed by atoms with Crippen LogP contribution in [-0.4, -0.2) is 0 Å². The van der Waals surface area contributed by atoms with E-state index in [4.69, 9.17) is 0 Å². The van der Waals surface area contributed by atoms with Crippen molar-refractivity contribution in [3.63, 3.8) is 0 Å². The largest absolute Gasteiger partial charge is 0.105 e. The number of benzene rings is 1. The molecule has 0 amide bonds. The van der Waals surface area contributed by atoms with E-state index in [0.717, 1.165) is 5.92 Å². The third-order valence-corrected chi connectivity index (χ3v) is 3.87. The Kier molecular flexibility index (Phi) is 6.06. The van der Waals surface area contributed by atoms with Gasteiger partial charge in [0.25, 0.3) is 0 Å². The maximum Gasteiger partial charge on any atom is -0.0242 e. The highest BCUT2D eigenvalue weighted by Gasteiger charge is 2.11. The molecule has 0 fully saturated rings. The molecule has 0 aromatic heterocycles. The standard InChI is InChI=1S/C15H25P/c1-4-7-13(8-5-2)11-14-12(3)9-6-10-15(14)16/h6,9-10,13H,4-5,7-8,11,16H2,1-3H3. The molecule has 0 spiro atoms. The van der Waals surface area contributed by atoms with E-state index in [9.17, 15) is 0 Å². The van der Waals surface area contributed by atoms with Crippen molar-refractivity contribution in [1.82, 2.24) is 0 Å². The fraction of sp³-hybridized carbons (Fsp3) is 0.600. The molecule has 0 heterocycles. The summed E-state index contributed by atoms with van der Waals surface area (Å²) in [6, 6.07) is 6.59. The average molecular weight is 236 g/mol. The zero-order chi connectivity index (χ0) is 12.0. The molecule has 16 heavy (non-hydrogen) atoms. The van der Waals surface area contributed by atoms with Crippen molar-refractivity contribution in [3.05, 3.63) is 29.3 Å². The highest BCUT2D eigenvalue weighted by Crippen LogP contribution is 2.21. The van der Waals surface area contributed by atoms with E-state index in [-0.39, 0.29) is 0 Å². The van der Waals surface area contributed by atoms with Crippen LogP contribution < -0.4 is 5.30 Å². The lowest BCUT2D eigenvalue weighted by Crippen LogP contribution is -2.11. The van der Waals surface area contributed by atoms with Crippen LogP contribution in [0.2, 0.25) is 0 Å². The average Bonchev–Trinajstić information content (AvgIpc) is 2.24. The first-order chi connectivity index (χ1) is 7.69. The number of rotatable bonds is 6. The predicted octanol–water partition coefficient (Wildman–Crippen LogP) is 4.25. The lowest BCUT2D eigenvalue weighted by molar-refractivity contribution is 0.438. The molecule has 1 heteroatoms. The fourth-order valence-corrected chi connectivity index (χ4v) is 2.91. The number of aryl methyl sites for hydroxylation is 1. The molecular formula is C15H25P. The first-order valence-corrected chi connectivity index (χ1v) is 7.10. The van der Waals surface area contributed by atoms with Crippen LogP contribution in [0.15, 0.2) is 18.2 Å². The molecule has 0 saturated heterocycles. The topological polar surface area (TPSA) is 0 Å². The van der Waals surface area contributed by atoms with Crippen LogP contribution in [0.4, 0.5) is 0 Å². The molecule has 1 atom stereocenters. The van der Waals surface area contributed by atoms with Gasteiger partial charge in [0.2, 0.25) is 0 Å². The second kappa shape index (κ2) is 7.07. The monoisotopic (exact) mass is 236 g/mol. The first kappa shape index (κ1) is 13.7. The van der Waals surface area contributed by atoms with Crippen molar-refractivity contribution in [2.75, 3.05) is 0 Å². The highest BCUT2D eigenvalue weighted by atomic mass is 31.0. The third-order valence-electron chi connectivity index (χ3n) is 3.33. The molecule has 0 bridgehead atoms.